The molecule has 0 saturated heterocycles. The van der Waals surface area contributed by atoms with Crippen molar-refractivity contribution in [3.8, 4) is 60.8 Å². The average Bonchev–Trinajstić information content (AvgIpc) is 3.85. The number of para-hydroxylation sites is 1. The number of hydrogen-bond donors (Lipinski definition) is 1. The average molecular weight is 669 g/mol. The molecule has 0 radical (unpaired) electrons. The minimum absolute atomic E-state index is 0.193. The Morgan fingerprint density at radius 2 is 1.06 bits per heavy atom. The fourth-order valence-electron chi connectivity index (χ4n) is 8.70. The minimum Gasteiger partial charge on any atom is -0.506 e. The van der Waals surface area contributed by atoms with Gasteiger partial charge in [-0.2, -0.15) is 0 Å². The SMILES string of the molecule is Oc1ccc(-c2ccc3c(c2)C2(c4ccccc4-c4ccc(-c5ccc(-c6nc7ccccc7s6)cc5)cc42)c2ccccc2-3)c2cccnc12. The van der Waals surface area contributed by atoms with Crippen LogP contribution in [0, 0.1) is 0 Å². The highest BCUT2D eigenvalue weighted by atomic mass is 32.1. The molecule has 4 heteroatoms. The highest BCUT2D eigenvalue weighted by Gasteiger charge is 2.51. The number of rotatable bonds is 3. The largest absolute Gasteiger partial charge is 0.506 e. The zero-order valence-electron chi connectivity index (χ0n) is 27.3. The zero-order valence-corrected chi connectivity index (χ0v) is 28.2. The van der Waals surface area contributed by atoms with Crippen LogP contribution < -0.4 is 0 Å². The first-order chi connectivity index (χ1) is 25.2. The second-order valence-electron chi connectivity index (χ2n) is 13.5. The lowest BCUT2D eigenvalue weighted by atomic mass is 9.70. The summed E-state index contributed by atoms with van der Waals surface area (Å²) in [6.45, 7) is 0. The predicted octanol–water partition coefficient (Wildman–Crippen LogP) is 11.9. The molecule has 0 saturated carbocycles. The molecule has 3 nitrogen and oxygen atoms in total. The van der Waals surface area contributed by atoms with E-state index < -0.39 is 5.41 Å². The van der Waals surface area contributed by atoms with E-state index in [1.807, 2.05) is 24.3 Å². The molecule has 0 amide bonds. The zero-order chi connectivity index (χ0) is 33.7. The molecule has 0 aliphatic heterocycles. The quantitative estimate of drug-likeness (QED) is 0.204. The number of nitrogens with zero attached hydrogens (tertiary/aromatic N) is 2. The summed E-state index contributed by atoms with van der Waals surface area (Å²) in [5.74, 6) is 0.193. The van der Waals surface area contributed by atoms with Gasteiger partial charge in [-0.3, -0.25) is 4.98 Å². The van der Waals surface area contributed by atoms with Crippen molar-refractivity contribution < 1.29 is 5.11 Å². The molecule has 2 aliphatic carbocycles. The van der Waals surface area contributed by atoms with Gasteiger partial charge in [-0.15, -0.1) is 11.3 Å². The van der Waals surface area contributed by atoms with Crippen molar-refractivity contribution in [1.82, 2.24) is 9.97 Å². The minimum atomic E-state index is -0.490. The molecule has 238 valence electrons. The summed E-state index contributed by atoms with van der Waals surface area (Å²) in [5, 5.41) is 12.6. The topological polar surface area (TPSA) is 46.0 Å². The summed E-state index contributed by atoms with van der Waals surface area (Å²) in [6.07, 6.45) is 1.73. The second kappa shape index (κ2) is 10.6. The van der Waals surface area contributed by atoms with E-state index >= 15 is 0 Å². The lowest BCUT2D eigenvalue weighted by Crippen LogP contribution is -2.26. The number of pyridine rings is 1. The molecule has 51 heavy (non-hydrogen) atoms. The van der Waals surface area contributed by atoms with Crippen LogP contribution in [0.5, 0.6) is 5.75 Å². The molecule has 2 heterocycles. The lowest BCUT2D eigenvalue weighted by molar-refractivity contribution is 0.480. The van der Waals surface area contributed by atoms with Gasteiger partial charge >= 0.3 is 0 Å². The van der Waals surface area contributed by atoms with Crippen LogP contribution >= 0.6 is 11.3 Å². The van der Waals surface area contributed by atoms with Gasteiger partial charge in [0.2, 0.25) is 0 Å². The Hall–Kier alpha value is -6.36. The molecule has 7 aromatic carbocycles. The third-order valence-electron chi connectivity index (χ3n) is 10.9. The Balaban J connectivity index is 1.12. The number of aromatic nitrogens is 2. The van der Waals surface area contributed by atoms with Gasteiger partial charge in [0.05, 0.1) is 15.6 Å². The van der Waals surface area contributed by atoms with Crippen LogP contribution in [-0.2, 0) is 5.41 Å². The first kappa shape index (κ1) is 28.5. The number of thiazole rings is 1. The van der Waals surface area contributed by atoms with Crippen molar-refractivity contribution in [1.29, 1.82) is 0 Å². The number of hydrogen-bond acceptors (Lipinski definition) is 4. The van der Waals surface area contributed by atoms with Crippen molar-refractivity contribution >= 4 is 32.5 Å². The maximum absolute atomic E-state index is 10.7. The highest BCUT2D eigenvalue weighted by Crippen LogP contribution is 2.63. The molecule has 1 spiro atoms. The van der Waals surface area contributed by atoms with Crippen molar-refractivity contribution in [2.45, 2.75) is 5.41 Å². The van der Waals surface area contributed by atoms with Crippen LogP contribution in [0.4, 0.5) is 0 Å². The fraction of sp³-hybridized carbons (Fsp3) is 0.0213. The molecule has 1 unspecified atom stereocenters. The maximum Gasteiger partial charge on any atom is 0.141 e. The van der Waals surface area contributed by atoms with E-state index in [1.165, 1.54) is 60.3 Å². The Kier molecular flexibility index (Phi) is 5.90. The van der Waals surface area contributed by atoms with Gasteiger partial charge in [0.25, 0.3) is 0 Å². The molecule has 9 aromatic rings. The Morgan fingerprint density at radius 1 is 0.471 bits per heavy atom. The number of aromatic hydroxyl groups is 1. The normalized spacial score (nSPS) is 15.2. The van der Waals surface area contributed by atoms with Gasteiger partial charge in [0.15, 0.2) is 0 Å². The molecule has 11 rings (SSSR count). The van der Waals surface area contributed by atoms with Crippen LogP contribution in [0.3, 0.4) is 0 Å². The molecular weight excluding hydrogens is 641 g/mol. The van der Waals surface area contributed by atoms with E-state index in [2.05, 4.69) is 132 Å². The number of phenols is 1. The molecule has 0 fully saturated rings. The van der Waals surface area contributed by atoms with Crippen LogP contribution in [0.1, 0.15) is 22.3 Å². The molecule has 0 bridgehead atoms. The molecule has 1 N–H and O–H groups in total. The van der Waals surface area contributed by atoms with Crippen LogP contribution in [-0.4, -0.2) is 15.1 Å². The Labute approximate surface area is 298 Å². The van der Waals surface area contributed by atoms with Gasteiger partial charge < -0.3 is 5.11 Å². The predicted molar refractivity (Wildman–Crippen MR) is 209 cm³/mol. The van der Waals surface area contributed by atoms with Crippen molar-refractivity contribution in [3.63, 3.8) is 0 Å². The first-order valence-electron chi connectivity index (χ1n) is 17.2. The molecule has 2 aliphatic rings. The third kappa shape index (κ3) is 3.94. The van der Waals surface area contributed by atoms with Crippen LogP contribution in [0.15, 0.2) is 164 Å². The Morgan fingerprint density at radius 3 is 1.80 bits per heavy atom. The van der Waals surface area contributed by atoms with Gasteiger partial charge in [-0.1, -0.05) is 115 Å². The van der Waals surface area contributed by atoms with Crippen molar-refractivity contribution in [3.05, 3.63) is 186 Å². The summed E-state index contributed by atoms with van der Waals surface area (Å²) in [4.78, 5) is 9.42. The van der Waals surface area contributed by atoms with E-state index in [4.69, 9.17) is 4.98 Å². The summed E-state index contributed by atoms with van der Waals surface area (Å²) in [7, 11) is 0. The van der Waals surface area contributed by atoms with Gasteiger partial charge in [0, 0.05) is 17.1 Å². The lowest BCUT2D eigenvalue weighted by Gasteiger charge is -2.31. The van der Waals surface area contributed by atoms with Crippen molar-refractivity contribution in [2.75, 3.05) is 0 Å². The number of phenolic OH excluding ortho intramolecular Hbond substituents is 1. The van der Waals surface area contributed by atoms with E-state index in [0.29, 0.717) is 5.52 Å². The summed E-state index contributed by atoms with van der Waals surface area (Å²) in [6, 6.07) is 56.7. The summed E-state index contributed by atoms with van der Waals surface area (Å²) >= 11 is 1.73. The van der Waals surface area contributed by atoms with Crippen molar-refractivity contribution in [2.24, 2.45) is 0 Å². The number of fused-ring (bicyclic) bond motifs is 12. The molecular formula is C47H28N2OS. The monoisotopic (exact) mass is 668 g/mol. The third-order valence-corrected chi connectivity index (χ3v) is 12.0. The smallest absolute Gasteiger partial charge is 0.141 e. The van der Waals surface area contributed by atoms with Gasteiger partial charge in [-0.25, -0.2) is 4.98 Å². The van der Waals surface area contributed by atoms with Gasteiger partial charge in [-0.05, 0) is 109 Å². The van der Waals surface area contributed by atoms with Gasteiger partial charge in [0.1, 0.15) is 16.3 Å². The Bertz CT molecular complexity index is 2840. The molecule has 2 aromatic heterocycles. The van der Waals surface area contributed by atoms with E-state index in [-0.39, 0.29) is 5.75 Å². The van der Waals surface area contributed by atoms with Crippen LogP contribution in [0.2, 0.25) is 0 Å². The standard InChI is InChI=1S/C47H28N2OS/c50-43-24-23-32(37-10-7-25-48-45(37)43)31-20-22-36-34-9-2-4-12-39(34)47(41(36)27-31)38-11-3-1-8-33(38)35-21-19-30(26-40(35)47)28-15-17-29(18-16-28)46-49-42-13-5-6-14-44(42)51-46/h1-27,50H. The van der Waals surface area contributed by atoms with E-state index in [0.717, 1.165) is 32.6 Å². The maximum atomic E-state index is 10.7. The first-order valence-corrected chi connectivity index (χ1v) is 18.0. The fourth-order valence-corrected chi connectivity index (χ4v) is 9.67. The number of benzene rings is 7. The highest BCUT2D eigenvalue weighted by molar-refractivity contribution is 7.21. The van der Waals surface area contributed by atoms with E-state index in [9.17, 15) is 5.11 Å². The van der Waals surface area contributed by atoms with E-state index in [1.54, 1.807) is 23.6 Å². The van der Waals surface area contributed by atoms with Crippen LogP contribution in [0.25, 0.3) is 76.2 Å². The molecule has 1 atom stereocenters. The second-order valence-corrected chi connectivity index (χ2v) is 14.5. The summed E-state index contributed by atoms with van der Waals surface area (Å²) in [5.41, 5.74) is 17.1. The summed E-state index contributed by atoms with van der Waals surface area (Å²) < 4.78 is 1.20.